The normalized spacial score (nSPS) is 17.4. The SMILES string of the molecule is O=C(Nc1ccc2cnccc2c1)[C@@H]1C[C@H]1c1ccc(COCc2ccccc2)cc1. The first-order chi connectivity index (χ1) is 15.3. The number of anilines is 1. The zero-order valence-corrected chi connectivity index (χ0v) is 17.2. The van der Waals surface area contributed by atoms with Crippen molar-refractivity contribution in [1.29, 1.82) is 0 Å². The van der Waals surface area contributed by atoms with Crippen molar-refractivity contribution >= 4 is 22.4 Å². The molecular formula is C27H24N2O2. The Morgan fingerprint density at radius 2 is 1.68 bits per heavy atom. The molecule has 1 aliphatic rings. The van der Waals surface area contributed by atoms with Gasteiger partial charge in [-0.2, -0.15) is 0 Å². The van der Waals surface area contributed by atoms with Crippen LogP contribution in [0.3, 0.4) is 0 Å². The Morgan fingerprint density at radius 3 is 2.48 bits per heavy atom. The summed E-state index contributed by atoms with van der Waals surface area (Å²) in [7, 11) is 0. The molecule has 1 N–H and O–H groups in total. The maximum Gasteiger partial charge on any atom is 0.228 e. The van der Waals surface area contributed by atoms with Crippen LogP contribution in [0.15, 0.2) is 91.3 Å². The van der Waals surface area contributed by atoms with Crippen molar-refractivity contribution in [2.75, 3.05) is 5.32 Å². The van der Waals surface area contributed by atoms with E-state index in [9.17, 15) is 4.79 Å². The van der Waals surface area contributed by atoms with Crippen molar-refractivity contribution in [2.24, 2.45) is 5.92 Å². The predicted octanol–water partition coefficient (Wildman–Crippen LogP) is 5.69. The van der Waals surface area contributed by atoms with Crippen molar-refractivity contribution in [2.45, 2.75) is 25.6 Å². The Bertz CT molecular complexity index is 1190. The highest BCUT2D eigenvalue weighted by atomic mass is 16.5. The third kappa shape index (κ3) is 4.65. The van der Waals surface area contributed by atoms with E-state index in [1.165, 1.54) is 11.1 Å². The Kier molecular flexibility index (Phi) is 5.46. The Morgan fingerprint density at radius 1 is 0.903 bits per heavy atom. The van der Waals surface area contributed by atoms with Crippen molar-refractivity contribution in [3.8, 4) is 0 Å². The van der Waals surface area contributed by atoms with E-state index in [-0.39, 0.29) is 11.8 Å². The fourth-order valence-corrected chi connectivity index (χ4v) is 3.97. The van der Waals surface area contributed by atoms with E-state index in [1.807, 2.05) is 48.7 Å². The van der Waals surface area contributed by atoms with Crippen LogP contribution < -0.4 is 5.32 Å². The lowest BCUT2D eigenvalue weighted by Crippen LogP contribution is -2.14. The summed E-state index contributed by atoms with van der Waals surface area (Å²) in [5.74, 6) is 0.422. The number of ether oxygens (including phenoxy) is 1. The Balaban J connectivity index is 1.14. The van der Waals surface area contributed by atoms with Gasteiger partial charge < -0.3 is 10.1 Å². The molecule has 0 unspecified atom stereocenters. The highest BCUT2D eigenvalue weighted by molar-refractivity contribution is 5.97. The number of fused-ring (bicyclic) bond motifs is 1. The van der Waals surface area contributed by atoms with Crippen molar-refractivity contribution in [3.05, 3.63) is 108 Å². The smallest absolute Gasteiger partial charge is 0.228 e. The molecule has 1 amide bonds. The molecule has 4 nitrogen and oxygen atoms in total. The van der Waals surface area contributed by atoms with E-state index in [0.29, 0.717) is 19.1 Å². The maximum absolute atomic E-state index is 12.7. The molecule has 0 spiro atoms. The van der Waals surface area contributed by atoms with Crippen LogP contribution in [0, 0.1) is 5.92 Å². The number of carbonyl (C=O) groups is 1. The third-order valence-electron chi connectivity index (χ3n) is 5.82. The standard InChI is InChI=1S/C27H24N2O2/c30-27(29-24-11-10-23-16-28-13-12-22(23)14-24)26-15-25(26)21-8-6-20(7-9-21)18-31-17-19-4-2-1-3-5-19/h1-14,16,25-26H,15,17-18H2,(H,29,30)/t25-,26+/m0/s1. The molecule has 1 heterocycles. The van der Waals surface area contributed by atoms with Gasteiger partial charge in [-0.3, -0.25) is 9.78 Å². The molecule has 1 aromatic heterocycles. The molecule has 5 rings (SSSR count). The fourth-order valence-electron chi connectivity index (χ4n) is 3.97. The number of nitrogens with one attached hydrogen (secondary N) is 1. The maximum atomic E-state index is 12.7. The fraction of sp³-hybridized carbons (Fsp3) is 0.185. The summed E-state index contributed by atoms with van der Waals surface area (Å²) in [4.78, 5) is 16.8. The number of carbonyl (C=O) groups excluding carboxylic acids is 1. The number of aromatic nitrogens is 1. The van der Waals surface area contributed by atoms with Gasteiger partial charge in [-0.05, 0) is 52.6 Å². The van der Waals surface area contributed by atoms with E-state index in [0.717, 1.165) is 28.4 Å². The van der Waals surface area contributed by atoms with Gasteiger partial charge in [0, 0.05) is 29.4 Å². The number of pyridine rings is 1. The van der Waals surface area contributed by atoms with Gasteiger partial charge >= 0.3 is 0 Å². The first-order valence-electron chi connectivity index (χ1n) is 10.6. The van der Waals surface area contributed by atoms with Gasteiger partial charge in [0.05, 0.1) is 13.2 Å². The predicted molar refractivity (Wildman–Crippen MR) is 123 cm³/mol. The van der Waals surface area contributed by atoms with Crippen LogP contribution in [-0.4, -0.2) is 10.9 Å². The largest absolute Gasteiger partial charge is 0.372 e. The van der Waals surface area contributed by atoms with Gasteiger partial charge in [0.1, 0.15) is 0 Å². The van der Waals surface area contributed by atoms with Gasteiger partial charge in [0.15, 0.2) is 0 Å². The number of nitrogens with zero attached hydrogens (tertiary/aromatic N) is 1. The van der Waals surface area contributed by atoms with Crippen LogP contribution in [0.5, 0.6) is 0 Å². The second-order valence-corrected chi connectivity index (χ2v) is 8.10. The molecule has 3 aromatic carbocycles. The minimum Gasteiger partial charge on any atom is -0.372 e. The topological polar surface area (TPSA) is 51.2 Å². The number of hydrogen-bond donors (Lipinski definition) is 1. The first kappa shape index (κ1) is 19.5. The van der Waals surface area contributed by atoms with E-state index < -0.39 is 0 Å². The summed E-state index contributed by atoms with van der Waals surface area (Å²) in [6, 6.07) is 26.5. The molecule has 1 fully saturated rings. The first-order valence-corrected chi connectivity index (χ1v) is 10.6. The molecule has 154 valence electrons. The van der Waals surface area contributed by atoms with Crippen LogP contribution in [0.1, 0.15) is 29.0 Å². The van der Waals surface area contributed by atoms with E-state index >= 15 is 0 Å². The van der Waals surface area contributed by atoms with Crippen molar-refractivity contribution in [3.63, 3.8) is 0 Å². The van der Waals surface area contributed by atoms with Crippen LogP contribution in [0.25, 0.3) is 10.8 Å². The molecule has 4 aromatic rings. The van der Waals surface area contributed by atoms with Crippen LogP contribution in [-0.2, 0) is 22.7 Å². The lowest BCUT2D eigenvalue weighted by Gasteiger charge is -2.08. The van der Waals surface area contributed by atoms with E-state index in [4.69, 9.17) is 4.74 Å². The quantitative estimate of drug-likeness (QED) is 0.427. The molecule has 0 radical (unpaired) electrons. The van der Waals surface area contributed by atoms with Gasteiger partial charge in [-0.25, -0.2) is 0 Å². The molecule has 0 saturated heterocycles. The molecule has 4 heteroatoms. The van der Waals surface area contributed by atoms with Crippen LogP contribution in [0.2, 0.25) is 0 Å². The molecule has 1 saturated carbocycles. The average molecular weight is 409 g/mol. The van der Waals surface area contributed by atoms with E-state index in [2.05, 4.69) is 46.7 Å². The van der Waals surface area contributed by atoms with Gasteiger partial charge in [-0.1, -0.05) is 60.7 Å². The zero-order chi connectivity index (χ0) is 21.0. The summed E-state index contributed by atoms with van der Waals surface area (Å²) in [5, 5.41) is 5.21. The second kappa shape index (κ2) is 8.70. The van der Waals surface area contributed by atoms with Crippen molar-refractivity contribution < 1.29 is 9.53 Å². The Labute approximate surface area is 181 Å². The number of benzene rings is 3. The monoisotopic (exact) mass is 408 g/mol. The number of hydrogen-bond acceptors (Lipinski definition) is 3. The summed E-state index contributed by atoms with van der Waals surface area (Å²) in [5.41, 5.74) is 4.37. The highest BCUT2D eigenvalue weighted by Crippen LogP contribution is 2.48. The molecule has 1 aliphatic carbocycles. The summed E-state index contributed by atoms with van der Waals surface area (Å²) in [6.07, 6.45) is 4.49. The summed E-state index contributed by atoms with van der Waals surface area (Å²) >= 11 is 0. The molecule has 2 atom stereocenters. The molecular weight excluding hydrogens is 384 g/mol. The summed E-state index contributed by atoms with van der Waals surface area (Å²) in [6.45, 7) is 1.19. The zero-order valence-electron chi connectivity index (χ0n) is 17.2. The highest BCUT2D eigenvalue weighted by Gasteiger charge is 2.43. The molecule has 0 bridgehead atoms. The number of rotatable bonds is 7. The van der Waals surface area contributed by atoms with Crippen molar-refractivity contribution in [1.82, 2.24) is 4.98 Å². The average Bonchev–Trinajstić information content (AvgIpc) is 3.61. The number of amides is 1. The van der Waals surface area contributed by atoms with E-state index in [1.54, 1.807) is 6.20 Å². The third-order valence-corrected chi connectivity index (χ3v) is 5.82. The van der Waals surface area contributed by atoms with Gasteiger partial charge in [-0.15, -0.1) is 0 Å². The van der Waals surface area contributed by atoms with Crippen LogP contribution >= 0.6 is 0 Å². The lowest BCUT2D eigenvalue weighted by molar-refractivity contribution is -0.117. The van der Waals surface area contributed by atoms with Gasteiger partial charge in [0.25, 0.3) is 0 Å². The minimum atomic E-state index is 0.0355. The minimum absolute atomic E-state index is 0.0355. The molecule has 0 aliphatic heterocycles. The second-order valence-electron chi connectivity index (χ2n) is 8.10. The van der Waals surface area contributed by atoms with Crippen LogP contribution in [0.4, 0.5) is 5.69 Å². The van der Waals surface area contributed by atoms with Gasteiger partial charge in [0.2, 0.25) is 5.91 Å². The molecule has 31 heavy (non-hydrogen) atoms. The summed E-state index contributed by atoms with van der Waals surface area (Å²) < 4.78 is 5.81. The Hall–Kier alpha value is -3.50. The lowest BCUT2D eigenvalue weighted by atomic mass is 10.1.